The van der Waals surface area contributed by atoms with Gasteiger partial charge in [0.25, 0.3) is 0 Å². The Hall–Kier alpha value is 0.0506. The summed E-state index contributed by atoms with van der Waals surface area (Å²) in [5.41, 5.74) is 2.44. The molecule has 0 radical (unpaired) electrons. The summed E-state index contributed by atoms with van der Waals surface area (Å²) < 4.78 is 13.6. The maximum atomic E-state index is 6.81. The lowest BCUT2D eigenvalue weighted by molar-refractivity contribution is 0.338. The molecule has 0 aliphatic rings. The molecule has 0 bridgehead atoms. The molecule has 0 saturated heterocycles. The first-order chi connectivity index (χ1) is 9.95. The van der Waals surface area contributed by atoms with Gasteiger partial charge in [-0.3, -0.25) is 0 Å². The second-order valence-corrected chi connectivity index (χ2v) is 22.7. The molecule has 2 nitrogen and oxygen atoms in total. The first-order valence-electron chi connectivity index (χ1n) is 8.69. The zero-order valence-electron chi connectivity index (χ0n) is 17.4. The van der Waals surface area contributed by atoms with Crippen LogP contribution in [0.5, 0.6) is 0 Å². The molecule has 0 aromatic heterocycles. The fourth-order valence-corrected chi connectivity index (χ4v) is 15.6. The molecule has 0 aliphatic heterocycles. The van der Waals surface area contributed by atoms with Crippen LogP contribution in [0.4, 0.5) is 0 Å². The Bertz CT molecular complexity index is 407. The maximum absolute atomic E-state index is 6.81. The highest BCUT2D eigenvalue weighted by Gasteiger charge is 2.45. The molecule has 23 heavy (non-hydrogen) atoms. The molecule has 0 aromatic rings. The van der Waals surface area contributed by atoms with Gasteiger partial charge in [-0.25, -0.2) is 0 Å². The summed E-state index contributed by atoms with van der Waals surface area (Å²) in [5, 5.41) is 0. The van der Waals surface area contributed by atoms with E-state index in [9.17, 15) is 0 Å². The smallest absolute Gasteiger partial charge is 0.322 e. The lowest BCUT2D eigenvalue weighted by Crippen LogP contribution is -2.55. The third-order valence-electron chi connectivity index (χ3n) is 3.33. The molecule has 5 heteroatoms. The van der Waals surface area contributed by atoms with Gasteiger partial charge < -0.3 is 8.23 Å². The summed E-state index contributed by atoms with van der Waals surface area (Å²) in [6.45, 7) is 30.8. The van der Waals surface area contributed by atoms with Crippen molar-refractivity contribution in [2.24, 2.45) is 5.41 Å². The van der Waals surface area contributed by atoms with Crippen LogP contribution in [0.15, 0.2) is 24.3 Å². The summed E-state index contributed by atoms with van der Waals surface area (Å²) >= 11 is 0. The summed E-state index contributed by atoms with van der Waals surface area (Å²) in [6, 6.07) is 1.89. The topological polar surface area (TPSA) is 18.5 Å². The molecule has 0 heterocycles. The predicted molar refractivity (Wildman–Crippen MR) is 112 cm³/mol. The molecule has 0 fully saturated rings. The van der Waals surface area contributed by atoms with Gasteiger partial charge in [-0.2, -0.15) is 0 Å². The van der Waals surface area contributed by atoms with E-state index in [0.717, 1.165) is 29.7 Å². The number of allylic oxidation sites excluding steroid dienone is 2. The third-order valence-corrected chi connectivity index (χ3v) is 13.2. The average molecular weight is 373 g/mol. The van der Waals surface area contributed by atoms with Crippen LogP contribution >= 0.6 is 0 Å². The van der Waals surface area contributed by atoms with Gasteiger partial charge in [0.2, 0.25) is 0 Å². The highest BCUT2D eigenvalue weighted by molar-refractivity contribution is 6.88. The van der Waals surface area contributed by atoms with E-state index in [1.165, 1.54) is 0 Å². The van der Waals surface area contributed by atoms with E-state index in [2.05, 4.69) is 73.2 Å². The molecule has 0 aromatic carbocycles. The Balaban J connectivity index is 5.68. The van der Waals surface area contributed by atoms with Crippen LogP contribution in [-0.4, -0.2) is 25.2 Å². The molecule has 0 unspecified atom stereocenters. The van der Waals surface area contributed by atoms with E-state index in [-0.39, 0.29) is 5.41 Å². The second-order valence-electron chi connectivity index (χ2n) is 9.96. The molecule has 0 N–H and O–H groups in total. The van der Waals surface area contributed by atoms with Gasteiger partial charge in [-0.15, -0.1) is 0 Å². The van der Waals surface area contributed by atoms with E-state index in [1.54, 1.807) is 0 Å². The Kier molecular flexibility index (Phi) is 7.97. The van der Waals surface area contributed by atoms with Crippen molar-refractivity contribution in [2.75, 3.05) is 0 Å². The van der Waals surface area contributed by atoms with Gasteiger partial charge in [0.15, 0.2) is 16.6 Å². The molecule has 0 rings (SSSR count). The first-order valence-corrected chi connectivity index (χ1v) is 17.7. The molecule has 0 amide bonds. The highest BCUT2D eigenvalue weighted by atomic mass is 28.5. The van der Waals surface area contributed by atoms with Gasteiger partial charge >= 0.3 is 8.56 Å². The van der Waals surface area contributed by atoms with E-state index in [1.807, 2.05) is 6.92 Å². The van der Waals surface area contributed by atoms with E-state index in [0.29, 0.717) is 0 Å². The largest absolute Gasteiger partial charge is 0.436 e. The summed E-state index contributed by atoms with van der Waals surface area (Å²) in [7, 11) is -5.74. The minimum absolute atomic E-state index is 0.286. The van der Waals surface area contributed by atoms with Gasteiger partial charge in [0.1, 0.15) is 0 Å². The summed E-state index contributed by atoms with van der Waals surface area (Å²) in [6.07, 6.45) is 1.12. The second kappa shape index (κ2) is 7.95. The summed E-state index contributed by atoms with van der Waals surface area (Å²) in [4.78, 5) is 0. The standard InChI is InChI=1S/C18H40O2Si3/c1-16(2)17(3)15-23(19-21(7,8)9,20-22(10,11)12)14-13-18(4,5)6/h1,3,13-15H2,2,4-12H3. The summed E-state index contributed by atoms with van der Waals surface area (Å²) in [5.74, 6) is 0. The van der Waals surface area contributed by atoms with Crippen LogP contribution in [-0.2, 0) is 8.23 Å². The van der Waals surface area contributed by atoms with Gasteiger partial charge in [-0.1, -0.05) is 45.1 Å². The maximum Gasteiger partial charge on any atom is 0.322 e. The number of hydrogen-bond donors (Lipinski definition) is 0. The molecule has 136 valence electrons. The van der Waals surface area contributed by atoms with Crippen molar-refractivity contribution in [3.8, 4) is 0 Å². The van der Waals surface area contributed by atoms with Gasteiger partial charge in [0, 0.05) is 6.04 Å². The highest BCUT2D eigenvalue weighted by Crippen LogP contribution is 2.36. The monoisotopic (exact) mass is 372 g/mol. The number of hydrogen-bond acceptors (Lipinski definition) is 2. The Morgan fingerprint density at radius 2 is 1.26 bits per heavy atom. The Morgan fingerprint density at radius 3 is 1.52 bits per heavy atom. The van der Waals surface area contributed by atoms with Crippen LogP contribution in [0, 0.1) is 5.41 Å². The lowest BCUT2D eigenvalue weighted by Gasteiger charge is -2.42. The first kappa shape index (κ1) is 23.1. The van der Waals surface area contributed by atoms with Crippen molar-refractivity contribution in [3.05, 3.63) is 24.3 Å². The van der Waals surface area contributed by atoms with Crippen LogP contribution in [0.1, 0.15) is 34.1 Å². The van der Waals surface area contributed by atoms with Crippen LogP contribution < -0.4 is 0 Å². The van der Waals surface area contributed by atoms with Gasteiger partial charge in [-0.05, 0) is 64.1 Å². The average Bonchev–Trinajstić information content (AvgIpc) is 2.20. The molecular weight excluding hydrogens is 332 g/mol. The van der Waals surface area contributed by atoms with Gasteiger partial charge in [0.05, 0.1) is 0 Å². The van der Waals surface area contributed by atoms with Crippen molar-refractivity contribution in [1.82, 2.24) is 0 Å². The fourth-order valence-electron chi connectivity index (χ4n) is 2.44. The van der Waals surface area contributed by atoms with Crippen LogP contribution in [0.25, 0.3) is 0 Å². The minimum Gasteiger partial charge on any atom is -0.436 e. The third kappa shape index (κ3) is 11.3. The van der Waals surface area contributed by atoms with Crippen molar-refractivity contribution in [3.63, 3.8) is 0 Å². The molecule has 0 spiro atoms. The number of rotatable bonds is 9. The zero-order valence-corrected chi connectivity index (χ0v) is 20.4. The van der Waals surface area contributed by atoms with E-state index >= 15 is 0 Å². The lowest BCUT2D eigenvalue weighted by atomic mass is 9.94. The van der Waals surface area contributed by atoms with Crippen molar-refractivity contribution < 1.29 is 8.23 Å². The van der Waals surface area contributed by atoms with Crippen LogP contribution in [0.3, 0.4) is 0 Å². The SMILES string of the molecule is C=C(C)C(=C)C[Si](CCC(C)(C)C)(O[Si](C)(C)C)O[Si](C)(C)C. The molecule has 0 aliphatic carbocycles. The normalized spacial score (nSPS) is 14.0. The van der Waals surface area contributed by atoms with E-state index in [4.69, 9.17) is 8.23 Å². The molecular formula is C18H40O2Si3. The minimum atomic E-state index is -2.34. The Labute approximate surface area is 148 Å². The quantitative estimate of drug-likeness (QED) is 0.331. The van der Waals surface area contributed by atoms with Crippen LogP contribution in [0.2, 0.25) is 51.4 Å². The van der Waals surface area contributed by atoms with Crippen molar-refractivity contribution >= 4 is 25.2 Å². The Morgan fingerprint density at radius 1 is 0.870 bits per heavy atom. The predicted octanol–water partition coefficient (Wildman–Crippen LogP) is 6.70. The fraction of sp³-hybridized carbons (Fsp3) is 0.778. The van der Waals surface area contributed by atoms with Crippen molar-refractivity contribution in [1.29, 1.82) is 0 Å². The van der Waals surface area contributed by atoms with Crippen molar-refractivity contribution in [2.45, 2.75) is 85.5 Å². The molecule has 0 atom stereocenters. The van der Waals surface area contributed by atoms with E-state index < -0.39 is 25.2 Å². The zero-order chi connectivity index (χ0) is 18.7. The molecule has 0 saturated carbocycles.